The Kier molecular flexibility index (Phi) is 9.21. The van der Waals surface area contributed by atoms with Gasteiger partial charge in [0.1, 0.15) is 16.2 Å². The predicted molar refractivity (Wildman–Crippen MR) is 128 cm³/mol. The molecular weight excluding hydrogens is 360 g/mol. The Morgan fingerprint density at radius 3 is 1.93 bits per heavy atom. The van der Waals surface area contributed by atoms with Crippen molar-refractivity contribution in [2.24, 2.45) is 11.8 Å². The molecule has 0 N–H and O–H groups in total. The van der Waals surface area contributed by atoms with Crippen LogP contribution >= 0.6 is 0 Å². The van der Waals surface area contributed by atoms with Gasteiger partial charge in [0.15, 0.2) is 4.90 Å². The fraction of sp³-hybridized carbons (Fsp3) is 0.615. The number of unbranched alkanes of at least 4 members (excludes halogenated alkanes) is 3. The summed E-state index contributed by atoms with van der Waals surface area (Å²) in [6.45, 7) is 17.4. The van der Waals surface area contributed by atoms with Gasteiger partial charge in [-0.1, -0.05) is 72.1 Å². The topological polar surface area (TPSA) is 9.23 Å². The smallest absolute Gasteiger partial charge is 0.163 e. The van der Waals surface area contributed by atoms with Crippen molar-refractivity contribution in [1.82, 2.24) is 0 Å². The summed E-state index contributed by atoms with van der Waals surface area (Å²) in [5.41, 5.74) is 0. The van der Waals surface area contributed by atoms with Crippen LogP contribution in [0, 0.1) is 11.8 Å². The second-order valence-electron chi connectivity index (χ2n) is 8.79. The van der Waals surface area contributed by atoms with Crippen molar-refractivity contribution in [2.75, 3.05) is 6.61 Å². The van der Waals surface area contributed by atoms with Gasteiger partial charge in [-0.3, -0.25) is 0 Å². The lowest BCUT2D eigenvalue weighted by molar-refractivity contribution is 0.308. The summed E-state index contributed by atoms with van der Waals surface area (Å²) in [5.74, 6) is 2.41. The van der Waals surface area contributed by atoms with Gasteiger partial charge in [0.05, 0.1) is 6.61 Å². The van der Waals surface area contributed by atoms with Gasteiger partial charge in [-0.15, -0.1) is 0 Å². The van der Waals surface area contributed by atoms with Crippen LogP contribution in [0.4, 0.5) is 0 Å². The highest BCUT2D eigenvalue weighted by molar-refractivity contribution is 7.98. The lowest BCUT2D eigenvalue weighted by Gasteiger charge is -2.26. The van der Waals surface area contributed by atoms with Gasteiger partial charge in [-0.05, 0) is 38.5 Å². The van der Waals surface area contributed by atoms with E-state index in [0.717, 1.165) is 18.8 Å². The van der Waals surface area contributed by atoms with Crippen LogP contribution in [0.5, 0.6) is 5.75 Å². The largest absolute Gasteiger partial charge is 0.493 e. The highest BCUT2D eigenvalue weighted by Crippen LogP contribution is 2.38. The molecule has 0 aliphatic rings. The zero-order valence-corrected chi connectivity index (χ0v) is 19.9. The van der Waals surface area contributed by atoms with E-state index in [1.807, 2.05) is 0 Å². The van der Waals surface area contributed by atoms with Crippen molar-refractivity contribution in [2.45, 2.75) is 89.5 Å². The molecule has 2 aromatic carbocycles. The molecule has 0 heterocycles. The Bertz CT molecular complexity index is 707. The molecule has 2 heteroatoms. The Labute approximate surface area is 176 Å². The molecule has 2 aromatic rings. The van der Waals surface area contributed by atoms with Gasteiger partial charge in [0.25, 0.3) is 0 Å². The first-order valence-corrected chi connectivity index (χ1v) is 12.6. The molecule has 0 amide bonds. The second-order valence-corrected chi connectivity index (χ2v) is 11.5. The summed E-state index contributed by atoms with van der Waals surface area (Å²) in [4.78, 5) is 1.52. The van der Waals surface area contributed by atoms with E-state index in [9.17, 15) is 0 Å². The normalized spacial score (nSPS) is 15.2. The lowest BCUT2D eigenvalue weighted by atomic mass is 10.1. The number of ether oxygens (including phenoxy) is 1. The first kappa shape index (κ1) is 23.1. The van der Waals surface area contributed by atoms with Gasteiger partial charge < -0.3 is 4.74 Å². The molecule has 0 aliphatic carbocycles. The summed E-state index contributed by atoms with van der Waals surface area (Å²) in [6, 6.07) is 13.5. The van der Waals surface area contributed by atoms with Gasteiger partial charge in [0.2, 0.25) is 0 Å². The van der Waals surface area contributed by atoms with Crippen molar-refractivity contribution >= 4 is 21.7 Å². The lowest BCUT2D eigenvalue weighted by Crippen LogP contribution is -2.35. The van der Waals surface area contributed by atoms with Crippen molar-refractivity contribution < 1.29 is 4.74 Å². The summed E-state index contributed by atoms with van der Waals surface area (Å²) < 4.78 is 6.22. The molecule has 28 heavy (non-hydrogen) atoms. The zero-order chi connectivity index (χ0) is 20.7. The average molecular weight is 402 g/mol. The molecule has 0 saturated carbocycles. The second kappa shape index (κ2) is 11.1. The maximum atomic E-state index is 6.22. The number of rotatable bonds is 11. The summed E-state index contributed by atoms with van der Waals surface area (Å²) in [7, 11) is 0.214. The molecule has 0 spiro atoms. The first-order valence-electron chi connectivity index (χ1n) is 11.2. The molecule has 2 unspecified atom stereocenters. The Hall–Kier alpha value is -1.15. The third-order valence-corrected chi connectivity index (χ3v) is 9.59. The summed E-state index contributed by atoms with van der Waals surface area (Å²) in [5, 5.41) is 4.00. The summed E-state index contributed by atoms with van der Waals surface area (Å²) in [6.07, 6.45) is 4.96. The molecule has 0 radical (unpaired) electrons. The maximum Gasteiger partial charge on any atom is 0.163 e. The van der Waals surface area contributed by atoms with Crippen LogP contribution in [-0.2, 0) is 10.9 Å². The van der Waals surface area contributed by atoms with E-state index in [1.165, 1.54) is 34.9 Å². The Balaban J connectivity index is 2.40. The van der Waals surface area contributed by atoms with Crippen LogP contribution in [0.25, 0.3) is 10.8 Å². The SMILES string of the molecule is CCCCCCOc1ccc([S+](C(C)C(C)C)C(C)C(C)C)c2ccccc12. The van der Waals surface area contributed by atoms with E-state index in [0.29, 0.717) is 22.3 Å². The molecule has 1 nitrogen and oxygen atoms in total. The molecule has 0 saturated heterocycles. The van der Waals surface area contributed by atoms with Gasteiger partial charge in [-0.2, -0.15) is 0 Å². The van der Waals surface area contributed by atoms with E-state index in [2.05, 4.69) is 84.9 Å². The standard InChI is InChI=1S/C26H41OS/c1-8-9-10-13-18-27-25-16-17-26(24-15-12-11-14-23(24)25)28(21(6)19(2)3)22(7)20(4)5/h11-12,14-17,19-22H,8-10,13,18H2,1-7H3/q+1. The minimum absolute atomic E-state index is 0.214. The molecule has 2 atom stereocenters. The van der Waals surface area contributed by atoms with Gasteiger partial charge in [-0.25, -0.2) is 0 Å². The van der Waals surface area contributed by atoms with E-state index < -0.39 is 0 Å². The maximum absolute atomic E-state index is 6.22. The summed E-state index contributed by atoms with van der Waals surface area (Å²) >= 11 is 0. The molecular formula is C26H41OS+. The average Bonchev–Trinajstić information content (AvgIpc) is 2.68. The number of hydrogen-bond acceptors (Lipinski definition) is 1. The van der Waals surface area contributed by atoms with E-state index in [1.54, 1.807) is 0 Å². The number of fused-ring (bicyclic) bond motifs is 1. The van der Waals surface area contributed by atoms with Gasteiger partial charge in [0, 0.05) is 33.5 Å². The zero-order valence-electron chi connectivity index (χ0n) is 19.1. The minimum atomic E-state index is 0.214. The van der Waals surface area contributed by atoms with Crippen LogP contribution < -0.4 is 4.74 Å². The van der Waals surface area contributed by atoms with Crippen LogP contribution in [0.3, 0.4) is 0 Å². The van der Waals surface area contributed by atoms with E-state index >= 15 is 0 Å². The highest BCUT2D eigenvalue weighted by Gasteiger charge is 2.39. The first-order chi connectivity index (χ1) is 13.4. The number of hydrogen-bond donors (Lipinski definition) is 0. The van der Waals surface area contributed by atoms with Crippen LogP contribution in [0.2, 0.25) is 0 Å². The van der Waals surface area contributed by atoms with Crippen molar-refractivity contribution in [3.8, 4) is 5.75 Å². The van der Waals surface area contributed by atoms with Gasteiger partial charge >= 0.3 is 0 Å². The number of benzene rings is 2. The minimum Gasteiger partial charge on any atom is -0.493 e. The Morgan fingerprint density at radius 1 is 0.750 bits per heavy atom. The Morgan fingerprint density at radius 2 is 1.36 bits per heavy atom. The van der Waals surface area contributed by atoms with Crippen molar-refractivity contribution in [3.63, 3.8) is 0 Å². The third-order valence-electron chi connectivity index (χ3n) is 6.03. The fourth-order valence-electron chi connectivity index (χ4n) is 3.61. The highest BCUT2D eigenvalue weighted by atomic mass is 32.2. The van der Waals surface area contributed by atoms with E-state index in [-0.39, 0.29) is 10.9 Å². The van der Waals surface area contributed by atoms with Crippen molar-refractivity contribution in [3.05, 3.63) is 36.4 Å². The molecule has 0 aromatic heterocycles. The monoisotopic (exact) mass is 401 g/mol. The van der Waals surface area contributed by atoms with Crippen LogP contribution in [-0.4, -0.2) is 17.1 Å². The quantitative estimate of drug-likeness (QED) is 0.275. The predicted octanol–water partition coefficient (Wildman–Crippen LogP) is 7.87. The molecule has 2 rings (SSSR count). The molecule has 0 aliphatic heterocycles. The van der Waals surface area contributed by atoms with Crippen molar-refractivity contribution in [1.29, 1.82) is 0 Å². The fourth-order valence-corrected chi connectivity index (χ4v) is 6.92. The molecule has 156 valence electrons. The van der Waals surface area contributed by atoms with Crippen LogP contribution in [0.15, 0.2) is 41.3 Å². The molecule has 0 bridgehead atoms. The van der Waals surface area contributed by atoms with E-state index in [4.69, 9.17) is 4.74 Å². The molecule has 0 fully saturated rings. The van der Waals surface area contributed by atoms with Crippen LogP contribution in [0.1, 0.15) is 74.1 Å². The third kappa shape index (κ3) is 5.69.